The monoisotopic (exact) mass is 327 g/mol. The van der Waals surface area contributed by atoms with Crippen LogP contribution in [0.1, 0.15) is 36.2 Å². The van der Waals surface area contributed by atoms with E-state index in [0.29, 0.717) is 16.5 Å². The fourth-order valence-corrected chi connectivity index (χ4v) is 2.38. The minimum Gasteiger partial charge on any atom is -0.480 e. The fraction of sp³-hybridized carbons (Fsp3) is 0.429. The molecule has 0 aromatic heterocycles. The highest BCUT2D eigenvalue weighted by Crippen LogP contribution is 2.19. The summed E-state index contributed by atoms with van der Waals surface area (Å²) in [7, 11) is 0. The molecule has 0 heterocycles. The van der Waals surface area contributed by atoms with Crippen LogP contribution in [0.4, 0.5) is 0 Å². The number of carboxylic acid groups (broad SMARTS) is 1. The molecule has 1 amide bonds. The molecule has 0 fully saturated rings. The number of carbonyl (C=O) groups excluding carboxylic acids is 1. The zero-order valence-corrected chi connectivity index (χ0v) is 12.8. The lowest BCUT2D eigenvalue weighted by molar-refractivity contribution is -0.140. The van der Waals surface area contributed by atoms with E-state index in [4.69, 9.17) is 5.11 Å². The number of amides is 1. The molecule has 0 radical (unpaired) electrons. The van der Waals surface area contributed by atoms with Crippen LogP contribution in [0.3, 0.4) is 0 Å². The highest BCUT2D eigenvalue weighted by molar-refractivity contribution is 9.10. The van der Waals surface area contributed by atoms with Crippen LogP contribution in [-0.2, 0) is 4.79 Å². The Kier molecular flexibility index (Phi) is 5.54. The third-order valence-electron chi connectivity index (χ3n) is 3.13. The van der Waals surface area contributed by atoms with Crippen molar-refractivity contribution >= 4 is 27.8 Å². The Hall–Kier alpha value is -1.36. The number of rotatable bonds is 5. The van der Waals surface area contributed by atoms with E-state index < -0.39 is 12.0 Å². The van der Waals surface area contributed by atoms with Crippen molar-refractivity contribution in [1.29, 1.82) is 0 Å². The number of halogens is 1. The molecule has 0 saturated carbocycles. The van der Waals surface area contributed by atoms with Crippen LogP contribution in [0.5, 0.6) is 0 Å². The molecule has 1 aromatic rings. The van der Waals surface area contributed by atoms with Gasteiger partial charge in [-0.25, -0.2) is 4.79 Å². The van der Waals surface area contributed by atoms with Gasteiger partial charge in [-0.2, -0.15) is 0 Å². The van der Waals surface area contributed by atoms with E-state index in [1.807, 2.05) is 32.9 Å². The summed E-state index contributed by atoms with van der Waals surface area (Å²) in [5.74, 6) is -1.50. The van der Waals surface area contributed by atoms with E-state index in [9.17, 15) is 9.59 Å². The van der Waals surface area contributed by atoms with Crippen molar-refractivity contribution < 1.29 is 14.7 Å². The summed E-state index contributed by atoms with van der Waals surface area (Å²) < 4.78 is 0.665. The first-order valence-corrected chi connectivity index (χ1v) is 6.96. The van der Waals surface area contributed by atoms with Crippen molar-refractivity contribution in [1.82, 2.24) is 5.32 Å². The van der Waals surface area contributed by atoms with Crippen molar-refractivity contribution in [3.8, 4) is 0 Å². The topological polar surface area (TPSA) is 66.4 Å². The van der Waals surface area contributed by atoms with Gasteiger partial charge >= 0.3 is 5.97 Å². The average Bonchev–Trinajstić information content (AvgIpc) is 2.34. The van der Waals surface area contributed by atoms with Crippen LogP contribution >= 0.6 is 15.9 Å². The van der Waals surface area contributed by atoms with Crippen LogP contribution in [0.2, 0.25) is 0 Å². The van der Waals surface area contributed by atoms with Gasteiger partial charge in [0.25, 0.3) is 5.91 Å². The van der Waals surface area contributed by atoms with Gasteiger partial charge in [0.2, 0.25) is 0 Å². The molecular formula is C14H18BrNO3. The molecule has 1 rings (SSSR count). The largest absolute Gasteiger partial charge is 0.480 e. The van der Waals surface area contributed by atoms with Crippen LogP contribution in [0.25, 0.3) is 0 Å². The number of hydrogen-bond donors (Lipinski definition) is 2. The van der Waals surface area contributed by atoms with Crippen molar-refractivity contribution in [3.63, 3.8) is 0 Å². The van der Waals surface area contributed by atoms with Gasteiger partial charge in [0.1, 0.15) is 6.04 Å². The summed E-state index contributed by atoms with van der Waals surface area (Å²) in [6.07, 6.45) is 0.687. The van der Waals surface area contributed by atoms with Crippen molar-refractivity contribution in [2.75, 3.05) is 0 Å². The Balaban J connectivity index is 2.91. The second kappa shape index (κ2) is 6.70. The normalized spacial score (nSPS) is 13.7. The Bertz CT molecular complexity index is 488. The number of nitrogens with one attached hydrogen (secondary N) is 1. The lowest BCUT2D eigenvalue weighted by Gasteiger charge is -2.20. The maximum atomic E-state index is 12.1. The van der Waals surface area contributed by atoms with Crippen LogP contribution < -0.4 is 5.32 Å². The molecule has 104 valence electrons. The molecule has 19 heavy (non-hydrogen) atoms. The first-order chi connectivity index (χ1) is 8.86. The smallest absolute Gasteiger partial charge is 0.326 e. The third kappa shape index (κ3) is 4.06. The molecule has 0 aliphatic heterocycles. The second-order valence-electron chi connectivity index (χ2n) is 4.66. The lowest BCUT2D eigenvalue weighted by Crippen LogP contribution is -2.45. The van der Waals surface area contributed by atoms with Crippen LogP contribution in [0.15, 0.2) is 22.7 Å². The Morgan fingerprint density at radius 3 is 2.53 bits per heavy atom. The number of carboxylic acids is 1. The number of benzene rings is 1. The molecular weight excluding hydrogens is 310 g/mol. The highest BCUT2D eigenvalue weighted by Gasteiger charge is 2.26. The van der Waals surface area contributed by atoms with Crippen LogP contribution in [-0.4, -0.2) is 23.0 Å². The number of aliphatic carboxylic acids is 1. The SMILES string of the molecule is CCC(C)C(NC(=O)c1ccc(C)cc1Br)C(=O)O. The molecule has 0 spiro atoms. The Morgan fingerprint density at radius 1 is 1.42 bits per heavy atom. The maximum absolute atomic E-state index is 12.1. The predicted molar refractivity (Wildman–Crippen MR) is 77.2 cm³/mol. The first kappa shape index (κ1) is 15.7. The van der Waals surface area contributed by atoms with Gasteiger partial charge in [-0.1, -0.05) is 26.3 Å². The zero-order chi connectivity index (χ0) is 14.6. The lowest BCUT2D eigenvalue weighted by atomic mass is 9.99. The summed E-state index contributed by atoms with van der Waals surface area (Å²) >= 11 is 3.32. The zero-order valence-electron chi connectivity index (χ0n) is 11.2. The second-order valence-corrected chi connectivity index (χ2v) is 5.51. The van der Waals surface area contributed by atoms with E-state index in [1.165, 1.54) is 0 Å². The van der Waals surface area contributed by atoms with Crippen molar-refractivity contribution in [2.45, 2.75) is 33.2 Å². The molecule has 0 aliphatic rings. The molecule has 5 heteroatoms. The standard InChI is InChI=1S/C14H18BrNO3/c1-4-9(3)12(14(18)19)16-13(17)10-6-5-8(2)7-11(10)15/h5-7,9,12H,4H2,1-3H3,(H,16,17)(H,18,19). The van der Waals surface area contributed by atoms with Gasteiger partial charge in [0.05, 0.1) is 5.56 Å². The fourth-order valence-electron chi connectivity index (χ4n) is 1.71. The number of hydrogen-bond acceptors (Lipinski definition) is 2. The summed E-state index contributed by atoms with van der Waals surface area (Å²) in [5, 5.41) is 11.7. The van der Waals surface area contributed by atoms with Crippen molar-refractivity contribution in [2.24, 2.45) is 5.92 Å². The summed E-state index contributed by atoms with van der Waals surface area (Å²) in [4.78, 5) is 23.3. The molecule has 4 nitrogen and oxygen atoms in total. The molecule has 0 aliphatic carbocycles. The Morgan fingerprint density at radius 2 is 2.05 bits per heavy atom. The van der Waals surface area contributed by atoms with E-state index in [1.54, 1.807) is 6.07 Å². The van der Waals surface area contributed by atoms with E-state index >= 15 is 0 Å². The van der Waals surface area contributed by atoms with E-state index in [2.05, 4.69) is 21.2 Å². The average molecular weight is 328 g/mol. The maximum Gasteiger partial charge on any atom is 0.326 e. The summed E-state index contributed by atoms with van der Waals surface area (Å²) in [6.45, 7) is 5.63. The molecule has 2 atom stereocenters. The minimum absolute atomic E-state index is 0.120. The summed E-state index contributed by atoms with van der Waals surface area (Å²) in [5.41, 5.74) is 1.47. The summed E-state index contributed by atoms with van der Waals surface area (Å²) in [6, 6.07) is 4.46. The van der Waals surface area contributed by atoms with Gasteiger partial charge in [-0.3, -0.25) is 4.79 Å². The van der Waals surface area contributed by atoms with E-state index in [-0.39, 0.29) is 11.8 Å². The molecule has 0 bridgehead atoms. The number of aryl methyl sites for hydroxylation is 1. The molecule has 2 unspecified atom stereocenters. The van der Waals surface area contributed by atoms with Gasteiger partial charge in [-0.05, 0) is 46.5 Å². The molecule has 2 N–H and O–H groups in total. The first-order valence-electron chi connectivity index (χ1n) is 6.16. The van der Waals surface area contributed by atoms with Crippen LogP contribution in [0, 0.1) is 12.8 Å². The quantitative estimate of drug-likeness (QED) is 0.873. The van der Waals surface area contributed by atoms with Gasteiger partial charge in [-0.15, -0.1) is 0 Å². The van der Waals surface area contributed by atoms with Gasteiger partial charge in [0.15, 0.2) is 0 Å². The van der Waals surface area contributed by atoms with Gasteiger partial charge in [0, 0.05) is 4.47 Å². The van der Waals surface area contributed by atoms with E-state index in [0.717, 1.165) is 5.56 Å². The molecule has 1 aromatic carbocycles. The third-order valence-corrected chi connectivity index (χ3v) is 3.79. The number of carbonyl (C=O) groups is 2. The minimum atomic E-state index is -1.01. The van der Waals surface area contributed by atoms with Gasteiger partial charge < -0.3 is 10.4 Å². The Labute approximate surface area is 121 Å². The predicted octanol–water partition coefficient (Wildman–Crippen LogP) is 2.99. The van der Waals surface area contributed by atoms with Crippen molar-refractivity contribution in [3.05, 3.63) is 33.8 Å². The highest BCUT2D eigenvalue weighted by atomic mass is 79.9. The molecule has 0 saturated heterocycles.